The zero-order valence-electron chi connectivity index (χ0n) is 14.3. The summed E-state index contributed by atoms with van der Waals surface area (Å²) >= 11 is 0. The number of carbonyl (C=O) groups excluding carboxylic acids is 2. The number of hydrogen-bond acceptors (Lipinski definition) is 3. The first-order chi connectivity index (χ1) is 11.0. The largest absolute Gasteiger partial charge is 0.396 e. The molecule has 1 unspecified atom stereocenters. The summed E-state index contributed by atoms with van der Waals surface area (Å²) in [6, 6.07) is 5.73. The highest BCUT2D eigenvalue weighted by Gasteiger charge is 2.15. The molecular weight excluding hydrogens is 292 g/mol. The van der Waals surface area contributed by atoms with Crippen molar-refractivity contribution in [1.29, 1.82) is 0 Å². The lowest BCUT2D eigenvalue weighted by Crippen LogP contribution is -2.38. The molecule has 0 fully saturated rings. The molecule has 0 heterocycles. The minimum absolute atomic E-state index is 0.0874. The third-order valence-electron chi connectivity index (χ3n) is 4.10. The van der Waals surface area contributed by atoms with E-state index in [0.717, 1.165) is 19.3 Å². The van der Waals surface area contributed by atoms with Gasteiger partial charge in [-0.15, -0.1) is 0 Å². The fourth-order valence-corrected chi connectivity index (χ4v) is 2.52. The summed E-state index contributed by atoms with van der Waals surface area (Å²) in [5.41, 5.74) is 3.08. The van der Waals surface area contributed by atoms with Crippen molar-refractivity contribution in [2.75, 3.05) is 18.5 Å². The van der Waals surface area contributed by atoms with Crippen LogP contribution in [0.4, 0.5) is 5.69 Å². The summed E-state index contributed by atoms with van der Waals surface area (Å²) in [7, 11) is 0. The monoisotopic (exact) mass is 320 g/mol. The lowest BCUT2D eigenvalue weighted by atomic mass is 10.0. The highest BCUT2D eigenvalue weighted by atomic mass is 16.3. The van der Waals surface area contributed by atoms with Crippen LogP contribution in [0.25, 0.3) is 0 Å². The quantitative estimate of drug-likeness (QED) is 0.643. The standard InChI is InChI=1S/C18H28N2O3/c1-4-13(9-10-21)12-19-17(22)18(23)20-16-8-7-14(5-2)15(6-3)11-16/h7-8,11,13,21H,4-6,9-10,12H2,1-3H3,(H,19,22)(H,20,23). The Hall–Kier alpha value is -1.88. The molecule has 23 heavy (non-hydrogen) atoms. The molecule has 1 aromatic carbocycles. The summed E-state index contributed by atoms with van der Waals surface area (Å²) in [5.74, 6) is -1.11. The summed E-state index contributed by atoms with van der Waals surface area (Å²) in [5, 5.41) is 14.2. The molecule has 1 atom stereocenters. The molecule has 1 aromatic rings. The number of nitrogens with one attached hydrogen (secondary N) is 2. The minimum Gasteiger partial charge on any atom is -0.396 e. The van der Waals surface area contributed by atoms with Gasteiger partial charge in [0.25, 0.3) is 0 Å². The van der Waals surface area contributed by atoms with Crippen LogP contribution in [0.15, 0.2) is 18.2 Å². The van der Waals surface area contributed by atoms with Gasteiger partial charge in [-0.1, -0.05) is 33.3 Å². The van der Waals surface area contributed by atoms with Crippen LogP contribution in [-0.4, -0.2) is 30.1 Å². The van der Waals surface area contributed by atoms with E-state index in [4.69, 9.17) is 5.11 Å². The van der Waals surface area contributed by atoms with Crippen LogP contribution >= 0.6 is 0 Å². The molecule has 0 aromatic heterocycles. The maximum absolute atomic E-state index is 12.0. The molecule has 0 spiro atoms. The zero-order valence-corrected chi connectivity index (χ0v) is 14.3. The van der Waals surface area contributed by atoms with E-state index in [9.17, 15) is 9.59 Å². The Bertz CT molecular complexity index is 529. The van der Waals surface area contributed by atoms with Crippen LogP contribution in [0.3, 0.4) is 0 Å². The topological polar surface area (TPSA) is 78.4 Å². The second-order valence-corrected chi connectivity index (χ2v) is 5.64. The SMILES string of the molecule is CCc1ccc(NC(=O)C(=O)NCC(CC)CCO)cc1CC. The Morgan fingerprint density at radius 2 is 1.78 bits per heavy atom. The van der Waals surface area contributed by atoms with Crippen molar-refractivity contribution in [1.82, 2.24) is 5.32 Å². The number of aryl methyl sites for hydroxylation is 2. The molecule has 0 aliphatic heterocycles. The minimum atomic E-state index is -0.657. The number of hydrogen-bond donors (Lipinski definition) is 3. The molecule has 0 aliphatic carbocycles. The number of anilines is 1. The Kier molecular flexibility index (Phi) is 8.33. The van der Waals surface area contributed by atoms with Crippen LogP contribution in [0, 0.1) is 5.92 Å². The normalized spacial score (nSPS) is 11.8. The molecule has 128 valence electrons. The highest BCUT2D eigenvalue weighted by Crippen LogP contribution is 2.17. The van der Waals surface area contributed by atoms with Crippen LogP contribution in [0.5, 0.6) is 0 Å². The lowest BCUT2D eigenvalue weighted by molar-refractivity contribution is -0.136. The molecule has 0 radical (unpaired) electrons. The van der Waals surface area contributed by atoms with Gasteiger partial charge in [-0.25, -0.2) is 0 Å². The fourth-order valence-electron chi connectivity index (χ4n) is 2.52. The van der Waals surface area contributed by atoms with Crippen molar-refractivity contribution >= 4 is 17.5 Å². The second kappa shape index (κ2) is 10.0. The summed E-state index contributed by atoms with van der Waals surface area (Å²) < 4.78 is 0. The number of aliphatic hydroxyl groups is 1. The van der Waals surface area contributed by atoms with Gasteiger partial charge in [0.05, 0.1) is 0 Å². The Morgan fingerprint density at radius 3 is 2.35 bits per heavy atom. The maximum Gasteiger partial charge on any atom is 0.313 e. The molecule has 0 aliphatic rings. The van der Waals surface area contributed by atoms with Gasteiger partial charge in [0, 0.05) is 18.8 Å². The van der Waals surface area contributed by atoms with Crippen molar-refractivity contribution in [2.24, 2.45) is 5.92 Å². The van der Waals surface area contributed by atoms with Crippen LogP contribution in [-0.2, 0) is 22.4 Å². The number of amides is 2. The molecule has 1 rings (SSSR count). The molecule has 5 heteroatoms. The summed E-state index contributed by atoms with van der Waals surface area (Å²) in [6.07, 6.45) is 3.30. The van der Waals surface area contributed by atoms with Crippen molar-refractivity contribution in [3.05, 3.63) is 29.3 Å². The van der Waals surface area contributed by atoms with Crippen molar-refractivity contribution in [2.45, 2.75) is 46.5 Å². The predicted molar refractivity (Wildman–Crippen MR) is 92.3 cm³/mol. The third kappa shape index (κ3) is 6.02. The number of benzene rings is 1. The van der Waals surface area contributed by atoms with Gasteiger partial charge in [-0.3, -0.25) is 9.59 Å². The number of rotatable bonds is 8. The molecule has 3 N–H and O–H groups in total. The lowest BCUT2D eigenvalue weighted by Gasteiger charge is -2.14. The highest BCUT2D eigenvalue weighted by molar-refractivity contribution is 6.39. The van der Waals surface area contributed by atoms with E-state index < -0.39 is 11.8 Å². The van der Waals surface area contributed by atoms with E-state index in [1.165, 1.54) is 11.1 Å². The number of aliphatic hydroxyl groups excluding tert-OH is 1. The van der Waals surface area contributed by atoms with Gasteiger partial charge in [-0.2, -0.15) is 0 Å². The smallest absolute Gasteiger partial charge is 0.313 e. The Labute approximate surface area is 138 Å². The van der Waals surface area contributed by atoms with Crippen LogP contribution in [0.2, 0.25) is 0 Å². The maximum atomic E-state index is 12.0. The van der Waals surface area contributed by atoms with Crippen LogP contribution < -0.4 is 10.6 Å². The Balaban J connectivity index is 2.59. The molecule has 5 nitrogen and oxygen atoms in total. The van der Waals surface area contributed by atoms with Gasteiger partial charge in [0.1, 0.15) is 0 Å². The van der Waals surface area contributed by atoms with E-state index in [2.05, 4.69) is 24.5 Å². The summed E-state index contributed by atoms with van der Waals surface area (Å²) in [6.45, 7) is 6.64. The van der Waals surface area contributed by atoms with E-state index in [1.807, 2.05) is 25.1 Å². The van der Waals surface area contributed by atoms with Gasteiger partial charge < -0.3 is 15.7 Å². The first-order valence-electron chi connectivity index (χ1n) is 8.37. The zero-order chi connectivity index (χ0) is 17.2. The van der Waals surface area contributed by atoms with Crippen LogP contribution in [0.1, 0.15) is 44.7 Å². The molecule has 0 saturated heterocycles. The van der Waals surface area contributed by atoms with Gasteiger partial charge in [-0.05, 0) is 48.4 Å². The first kappa shape index (κ1) is 19.2. The van der Waals surface area contributed by atoms with E-state index in [1.54, 1.807) is 0 Å². The predicted octanol–water partition coefficient (Wildman–Crippen LogP) is 2.27. The fraction of sp³-hybridized carbons (Fsp3) is 0.556. The Morgan fingerprint density at radius 1 is 1.09 bits per heavy atom. The van der Waals surface area contributed by atoms with E-state index in [0.29, 0.717) is 18.7 Å². The first-order valence-corrected chi connectivity index (χ1v) is 8.37. The van der Waals surface area contributed by atoms with Crippen molar-refractivity contribution in [3.8, 4) is 0 Å². The van der Waals surface area contributed by atoms with E-state index in [-0.39, 0.29) is 12.5 Å². The number of carbonyl (C=O) groups is 2. The van der Waals surface area contributed by atoms with Gasteiger partial charge in [0.2, 0.25) is 0 Å². The van der Waals surface area contributed by atoms with Gasteiger partial charge in [0.15, 0.2) is 0 Å². The third-order valence-corrected chi connectivity index (χ3v) is 4.10. The molecule has 0 saturated carbocycles. The molecule has 2 amide bonds. The second-order valence-electron chi connectivity index (χ2n) is 5.64. The molecule has 0 bridgehead atoms. The van der Waals surface area contributed by atoms with Crippen molar-refractivity contribution < 1.29 is 14.7 Å². The molecular formula is C18H28N2O3. The summed E-state index contributed by atoms with van der Waals surface area (Å²) in [4.78, 5) is 23.8. The van der Waals surface area contributed by atoms with Gasteiger partial charge >= 0.3 is 11.8 Å². The van der Waals surface area contributed by atoms with E-state index >= 15 is 0 Å². The average molecular weight is 320 g/mol. The van der Waals surface area contributed by atoms with Crippen molar-refractivity contribution in [3.63, 3.8) is 0 Å². The average Bonchev–Trinajstić information content (AvgIpc) is 2.57.